The van der Waals surface area contributed by atoms with E-state index in [0.717, 1.165) is 0 Å². The van der Waals surface area contributed by atoms with Gasteiger partial charge in [-0.2, -0.15) is 0 Å². The summed E-state index contributed by atoms with van der Waals surface area (Å²) >= 11 is 0. The molecule has 0 fully saturated rings. The van der Waals surface area contributed by atoms with E-state index in [1.54, 1.807) is 12.2 Å². The molecule has 0 spiro atoms. The van der Waals surface area contributed by atoms with Crippen molar-refractivity contribution >= 4 is 9.84 Å². The van der Waals surface area contributed by atoms with Crippen LogP contribution in [-0.2, 0) is 9.84 Å². The Morgan fingerprint density at radius 2 is 1.56 bits per heavy atom. The largest absolute Gasteiger partial charge is 0.228 e. The van der Waals surface area contributed by atoms with Crippen molar-refractivity contribution in [2.24, 2.45) is 0 Å². The van der Waals surface area contributed by atoms with Crippen LogP contribution in [0, 0.1) is 5.25 Å². The molecule has 0 N–H and O–H groups in total. The van der Waals surface area contributed by atoms with Crippen LogP contribution in [0.4, 0.5) is 0 Å². The standard InChI is InChI=1S/C13H13O2S/c1-16(14,15)13-9-7-12(8-10-13)11-5-3-2-4-6-11/h2-10,12H,1H3. The quantitative estimate of drug-likeness (QED) is 0.786. The van der Waals surface area contributed by atoms with E-state index in [9.17, 15) is 8.42 Å². The van der Waals surface area contributed by atoms with E-state index in [4.69, 9.17) is 0 Å². The fourth-order valence-electron chi connectivity index (χ4n) is 1.66. The van der Waals surface area contributed by atoms with Crippen LogP contribution < -0.4 is 0 Å². The highest BCUT2D eigenvalue weighted by atomic mass is 32.2. The van der Waals surface area contributed by atoms with Gasteiger partial charge in [-0.05, 0) is 5.56 Å². The molecule has 1 aromatic carbocycles. The fourth-order valence-corrected chi connectivity index (χ4v) is 2.31. The van der Waals surface area contributed by atoms with Crippen molar-refractivity contribution in [1.82, 2.24) is 0 Å². The molecule has 1 aliphatic rings. The van der Waals surface area contributed by atoms with Crippen molar-refractivity contribution in [3.8, 4) is 0 Å². The van der Waals surface area contributed by atoms with Crippen LogP contribution in [0.1, 0.15) is 11.5 Å². The van der Waals surface area contributed by atoms with Crippen LogP contribution in [0.5, 0.6) is 0 Å². The van der Waals surface area contributed by atoms with Crippen molar-refractivity contribution < 1.29 is 8.42 Å². The number of allylic oxidation sites excluding steroid dienone is 2. The molecule has 1 aromatic rings. The zero-order valence-electron chi connectivity index (χ0n) is 9.00. The van der Waals surface area contributed by atoms with Crippen molar-refractivity contribution in [3.05, 3.63) is 65.4 Å². The highest BCUT2D eigenvalue weighted by Crippen LogP contribution is 2.27. The van der Waals surface area contributed by atoms with Gasteiger partial charge in [0.15, 0.2) is 9.84 Å². The lowest BCUT2D eigenvalue weighted by molar-refractivity contribution is 0.605. The lowest BCUT2D eigenvalue weighted by Gasteiger charge is -2.15. The predicted octanol–water partition coefficient (Wildman–Crippen LogP) is 2.47. The Bertz CT molecular complexity index is 498. The van der Waals surface area contributed by atoms with E-state index >= 15 is 0 Å². The molecule has 83 valence electrons. The second kappa shape index (κ2) is 4.26. The van der Waals surface area contributed by atoms with Gasteiger partial charge >= 0.3 is 0 Å². The van der Waals surface area contributed by atoms with E-state index < -0.39 is 9.84 Å². The molecule has 3 heteroatoms. The van der Waals surface area contributed by atoms with Gasteiger partial charge in [-0.3, -0.25) is 0 Å². The summed E-state index contributed by atoms with van der Waals surface area (Å²) in [4.78, 5) is 0. The Morgan fingerprint density at radius 1 is 1.00 bits per heavy atom. The summed E-state index contributed by atoms with van der Waals surface area (Å²) in [7, 11) is -3.09. The fraction of sp³-hybridized carbons (Fsp3) is 0.154. The molecule has 0 atom stereocenters. The minimum Gasteiger partial charge on any atom is -0.228 e. The summed E-state index contributed by atoms with van der Waals surface area (Å²) in [5, 5.41) is 0.375. The van der Waals surface area contributed by atoms with E-state index in [1.807, 2.05) is 42.5 Å². The molecule has 0 aliphatic heterocycles. The van der Waals surface area contributed by atoms with Gasteiger partial charge in [0.2, 0.25) is 0 Å². The number of rotatable bonds is 2. The molecule has 0 unspecified atom stereocenters. The van der Waals surface area contributed by atoms with Gasteiger partial charge in [-0.1, -0.05) is 54.6 Å². The first-order chi connectivity index (χ1) is 7.57. The van der Waals surface area contributed by atoms with E-state index in [-0.39, 0.29) is 5.92 Å². The molecule has 0 heterocycles. The molecule has 16 heavy (non-hydrogen) atoms. The van der Waals surface area contributed by atoms with Crippen LogP contribution in [-0.4, -0.2) is 14.7 Å². The molecule has 1 aliphatic carbocycles. The zero-order chi connectivity index (χ0) is 11.6. The first kappa shape index (κ1) is 11.1. The van der Waals surface area contributed by atoms with Gasteiger partial charge in [-0.25, -0.2) is 8.42 Å². The minimum atomic E-state index is -3.09. The third kappa shape index (κ3) is 2.42. The zero-order valence-corrected chi connectivity index (χ0v) is 9.81. The first-order valence-electron chi connectivity index (χ1n) is 5.06. The topological polar surface area (TPSA) is 34.1 Å². The van der Waals surface area contributed by atoms with Crippen molar-refractivity contribution in [2.75, 3.05) is 6.26 Å². The van der Waals surface area contributed by atoms with Gasteiger partial charge in [-0.15, -0.1) is 0 Å². The average Bonchev–Trinajstić information content (AvgIpc) is 2.29. The van der Waals surface area contributed by atoms with Crippen LogP contribution in [0.3, 0.4) is 0 Å². The van der Waals surface area contributed by atoms with Gasteiger partial charge in [0.05, 0.1) is 0 Å². The maximum atomic E-state index is 11.3. The van der Waals surface area contributed by atoms with Gasteiger partial charge in [0, 0.05) is 12.2 Å². The number of sulfone groups is 1. The summed E-state index contributed by atoms with van der Waals surface area (Å²) in [5.41, 5.74) is 1.17. The van der Waals surface area contributed by atoms with Crippen LogP contribution in [0.15, 0.2) is 54.6 Å². The molecule has 0 bridgehead atoms. The van der Waals surface area contributed by atoms with Gasteiger partial charge in [0.1, 0.15) is 5.25 Å². The van der Waals surface area contributed by atoms with E-state index in [0.29, 0.717) is 5.25 Å². The number of hydrogen-bond acceptors (Lipinski definition) is 2. The molecule has 2 nitrogen and oxygen atoms in total. The molecular formula is C13H13O2S. The van der Waals surface area contributed by atoms with Crippen molar-refractivity contribution in [1.29, 1.82) is 0 Å². The molecule has 0 aromatic heterocycles. The summed E-state index contributed by atoms with van der Waals surface area (Å²) in [6.07, 6.45) is 8.39. The lowest BCUT2D eigenvalue weighted by Crippen LogP contribution is -2.09. The Morgan fingerprint density at radius 3 is 2.06 bits per heavy atom. The third-order valence-corrected chi connectivity index (χ3v) is 3.68. The highest BCUT2D eigenvalue weighted by molar-refractivity contribution is 7.93. The monoisotopic (exact) mass is 233 g/mol. The maximum absolute atomic E-state index is 11.3. The first-order valence-corrected chi connectivity index (χ1v) is 6.95. The second-order valence-corrected chi connectivity index (χ2v) is 5.84. The highest BCUT2D eigenvalue weighted by Gasteiger charge is 2.19. The molecular weight excluding hydrogens is 220 g/mol. The normalized spacial score (nSPS) is 17.8. The SMILES string of the molecule is CS(=O)(=O)[C]1C=CC(c2ccccc2)C=C1. The summed E-state index contributed by atoms with van der Waals surface area (Å²) in [5.74, 6) is 0.173. The van der Waals surface area contributed by atoms with Crippen LogP contribution >= 0.6 is 0 Å². The maximum Gasteiger partial charge on any atom is 0.162 e. The minimum absolute atomic E-state index is 0.173. The van der Waals surface area contributed by atoms with E-state index in [1.165, 1.54) is 11.8 Å². The Balaban J connectivity index is 2.19. The van der Waals surface area contributed by atoms with E-state index in [2.05, 4.69) is 0 Å². The van der Waals surface area contributed by atoms with Crippen molar-refractivity contribution in [2.45, 2.75) is 5.92 Å². The van der Waals surface area contributed by atoms with Gasteiger partial charge in [0.25, 0.3) is 0 Å². The molecule has 0 amide bonds. The molecule has 0 saturated carbocycles. The summed E-state index contributed by atoms with van der Waals surface area (Å²) in [6, 6.07) is 9.99. The number of hydrogen-bond donors (Lipinski definition) is 0. The Labute approximate surface area is 96.2 Å². The van der Waals surface area contributed by atoms with Crippen molar-refractivity contribution in [3.63, 3.8) is 0 Å². The average molecular weight is 233 g/mol. The Kier molecular flexibility index (Phi) is 2.97. The molecule has 0 saturated heterocycles. The molecule has 2 rings (SSSR count). The second-order valence-electron chi connectivity index (χ2n) is 3.83. The number of benzene rings is 1. The third-order valence-electron chi connectivity index (χ3n) is 2.55. The summed E-state index contributed by atoms with van der Waals surface area (Å²) < 4.78 is 22.6. The van der Waals surface area contributed by atoms with Gasteiger partial charge < -0.3 is 0 Å². The van der Waals surface area contributed by atoms with Crippen LogP contribution in [0.2, 0.25) is 0 Å². The lowest BCUT2D eigenvalue weighted by atomic mass is 9.95. The predicted molar refractivity (Wildman–Crippen MR) is 65.5 cm³/mol. The van der Waals surface area contributed by atoms with Crippen LogP contribution in [0.25, 0.3) is 0 Å². The Hall–Kier alpha value is -1.35. The smallest absolute Gasteiger partial charge is 0.162 e. The molecule has 1 radical (unpaired) electrons. The summed E-state index contributed by atoms with van der Waals surface area (Å²) in [6.45, 7) is 0.